The van der Waals surface area contributed by atoms with E-state index in [-0.39, 0.29) is 0 Å². The van der Waals surface area contributed by atoms with Gasteiger partial charge in [0, 0.05) is 39.3 Å². The minimum atomic E-state index is 0.505. The lowest BCUT2D eigenvalue weighted by atomic mass is 9.96. The van der Waals surface area contributed by atoms with Gasteiger partial charge >= 0.3 is 0 Å². The first-order valence-electron chi connectivity index (χ1n) is 6.14. The molecule has 1 aromatic heterocycles. The second-order valence-electron chi connectivity index (χ2n) is 4.41. The van der Waals surface area contributed by atoms with E-state index in [4.69, 9.17) is 10.5 Å². The van der Waals surface area contributed by atoms with Crippen molar-refractivity contribution in [3.63, 3.8) is 0 Å². The molecule has 2 rings (SSSR count). The van der Waals surface area contributed by atoms with Crippen LogP contribution < -0.4 is 10.6 Å². The number of aromatic nitrogens is 2. The molecule has 0 aliphatic carbocycles. The first kappa shape index (κ1) is 12.3. The zero-order chi connectivity index (χ0) is 12.1. The van der Waals surface area contributed by atoms with Crippen molar-refractivity contribution in [3.05, 3.63) is 17.8 Å². The van der Waals surface area contributed by atoms with E-state index in [0.717, 1.165) is 44.1 Å². The van der Waals surface area contributed by atoms with Gasteiger partial charge in [-0.05, 0) is 25.0 Å². The highest BCUT2D eigenvalue weighted by Crippen LogP contribution is 2.25. The third kappa shape index (κ3) is 3.14. The second kappa shape index (κ2) is 5.93. The first-order chi connectivity index (χ1) is 8.31. The minimum Gasteiger partial charge on any atom is -0.381 e. The number of rotatable bonds is 4. The molecule has 1 aliphatic heterocycles. The summed E-state index contributed by atoms with van der Waals surface area (Å²) in [4.78, 5) is 2.01. The summed E-state index contributed by atoms with van der Waals surface area (Å²) in [7, 11) is 1.98. The lowest BCUT2D eigenvalue weighted by Gasteiger charge is -2.22. The Morgan fingerprint density at radius 3 is 2.71 bits per heavy atom. The van der Waals surface area contributed by atoms with Crippen LogP contribution in [-0.4, -0.2) is 43.5 Å². The van der Waals surface area contributed by atoms with Gasteiger partial charge in [-0.25, -0.2) is 0 Å². The van der Waals surface area contributed by atoms with E-state index in [1.54, 1.807) is 0 Å². The highest BCUT2D eigenvalue weighted by Gasteiger charge is 2.17. The molecular formula is C12H20N4O. The normalized spacial score (nSPS) is 17.1. The Labute approximate surface area is 102 Å². The molecule has 0 radical (unpaired) electrons. The summed E-state index contributed by atoms with van der Waals surface area (Å²) in [5, 5.41) is 8.57. The van der Waals surface area contributed by atoms with Crippen LogP contribution >= 0.6 is 0 Å². The zero-order valence-electron chi connectivity index (χ0n) is 10.3. The predicted octanol–water partition coefficient (Wildman–Crippen LogP) is 0.765. The molecule has 1 fully saturated rings. The molecule has 1 aliphatic rings. The fourth-order valence-corrected chi connectivity index (χ4v) is 2.06. The van der Waals surface area contributed by atoms with Gasteiger partial charge in [0.1, 0.15) is 0 Å². The third-order valence-corrected chi connectivity index (χ3v) is 3.17. The molecule has 2 N–H and O–H groups in total. The van der Waals surface area contributed by atoms with Gasteiger partial charge < -0.3 is 15.4 Å². The Morgan fingerprint density at radius 2 is 2.12 bits per heavy atom. The van der Waals surface area contributed by atoms with Gasteiger partial charge in [-0.1, -0.05) is 0 Å². The number of likely N-dealkylation sites (N-methyl/N-ethyl adjacent to an activating group) is 1. The van der Waals surface area contributed by atoms with E-state index in [1.807, 2.05) is 18.0 Å². The molecule has 0 unspecified atom stereocenters. The van der Waals surface area contributed by atoms with E-state index >= 15 is 0 Å². The molecular weight excluding hydrogens is 216 g/mol. The Morgan fingerprint density at radius 1 is 1.35 bits per heavy atom. The highest BCUT2D eigenvalue weighted by molar-refractivity contribution is 5.36. The van der Waals surface area contributed by atoms with Gasteiger partial charge in [0.15, 0.2) is 5.82 Å². The van der Waals surface area contributed by atoms with Crippen LogP contribution in [0.4, 0.5) is 5.82 Å². The maximum Gasteiger partial charge on any atom is 0.151 e. The average Bonchev–Trinajstić information content (AvgIpc) is 2.40. The monoisotopic (exact) mass is 236 g/mol. The van der Waals surface area contributed by atoms with Gasteiger partial charge in [0.05, 0.1) is 5.69 Å². The molecule has 0 bridgehead atoms. The van der Waals surface area contributed by atoms with Crippen LogP contribution in [0.1, 0.15) is 24.5 Å². The summed E-state index contributed by atoms with van der Waals surface area (Å²) < 4.78 is 5.34. The van der Waals surface area contributed by atoms with E-state index in [2.05, 4.69) is 16.3 Å². The molecule has 2 heterocycles. The quantitative estimate of drug-likeness (QED) is 0.836. The number of hydrogen-bond acceptors (Lipinski definition) is 5. The van der Waals surface area contributed by atoms with Crippen LogP contribution in [0.5, 0.6) is 0 Å². The fraction of sp³-hybridized carbons (Fsp3) is 0.667. The molecule has 0 saturated carbocycles. The van der Waals surface area contributed by atoms with Crippen LogP contribution in [0.2, 0.25) is 0 Å². The highest BCUT2D eigenvalue weighted by atomic mass is 16.5. The lowest BCUT2D eigenvalue weighted by molar-refractivity contribution is 0.0843. The SMILES string of the molecule is CN(CCN)c1ccc(C2CCOCC2)nn1. The third-order valence-electron chi connectivity index (χ3n) is 3.17. The minimum absolute atomic E-state index is 0.505. The Bertz CT molecular complexity index is 335. The molecule has 0 amide bonds. The topological polar surface area (TPSA) is 64.3 Å². The number of hydrogen-bond donors (Lipinski definition) is 1. The predicted molar refractivity (Wildman–Crippen MR) is 67.2 cm³/mol. The van der Waals surface area contributed by atoms with Gasteiger partial charge in [-0.2, -0.15) is 5.10 Å². The van der Waals surface area contributed by atoms with Crippen LogP contribution in [0.3, 0.4) is 0 Å². The van der Waals surface area contributed by atoms with Crippen molar-refractivity contribution < 1.29 is 4.74 Å². The Hall–Kier alpha value is -1.20. The molecule has 0 spiro atoms. The number of ether oxygens (including phenoxy) is 1. The molecule has 5 heteroatoms. The molecule has 0 atom stereocenters. The summed E-state index contributed by atoms with van der Waals surface area (Å²) >= 11 is 0. The van der Waals surface area contributed by atoms with Crippen molar-refractivity contribution in [3.8, 4) is 0 Å². The molecule has 0 aromatic carbocycles. The Kier molecular flexibility index (Phi) is 4.28. The first-order valence-corrected chi connectivity index (χ1v) is 6.14. The number of anilines is 1. The van der Waals surface area contributed by atoms with E-state index in [0.29, 0.717) is 12.5 Å². The van der Waals surface area contributed by atoms with Crippen LogP contribution in [0.15, 0.2) is 12.1 Å². The van der Waals surface area contributed by atoms with Crippen molar-refractivity contribution >= 4 is 5.82 Å². The van der Waals surface area contributed by atoms with E-state index in [1.165, 1.54) is 0 Å². The van der Waals surface area contributed by atoms with Crippen molar-refractivity contribution in [1.29, 1.82) is 0 Å². The van der Waals surface area contributed by atoms with Crippen LogP contribution in [-0.2, 0) is 4.74 Å². The molecule has 1 aromatic rings. The van der Waals surface area contributed by atoms with Crippen LogP contribution in [0.25, 0.3) is 0 Å². The summed E-state index contributed by atoms with van der Waals surface area (Å²) in [6.07, 6.45) is 2.10. The molecule has 94 valence electrons. The largest absolute Gasteiger partial charge is 0.381 e. The van der Waals surface area contributed by atoms with Gasteiger partial charge in [-0.15, -0.1) is 5.10 Å². The standard InChI is InChI=1S/C12H20N4O/c1-16(7-6-13)12-3-2-11(14-15-12)10-4-8-17-9-5-10/h2-3,10H,4-9,13H2,1H3. The molecule has 5 nitrogen and oxygen atoms in total. The van der Waals surface area contributed by atoms with Crippen molar-refractivity contribution in [2.75, 3.05) is 38.3 Å². The molecule has 1 saturated heterocycles. The summed E-state index contributed by atoms with van der Waals surface area (Å²) in [5.74, 6) is 1.39. The Balaban J connectivity index is 2.01. The summed E-state index contributed by atoms with van der Waals surface area (Å²) in [6, 6.07) is 4.10. The zero-order valence-corrected chi connectivity index (χ0v) is 10.3. The lowest BCUT2D eigenvalue weighted by Crippen LogP contribution is -2.26. The average molecular weight is 236 g/mol. The second-order valence-corrected chi connectivity index (χ2v) is 4.41. The van der Waals surface area contributed by atoms with Crippen LogP contribution in [0, 0.1) is 0 Å². The fourth-order valence-electron chi connectivity index (χ4n) is 2.06. The van der Waals surface area contributed by atoms with Crippen molar-refractivity contribution in [2.24, 2.45) is 5.73 Å². The summed E-state index contributed by atoms with van der Waals surface area (Å²) in [5.41, 5.74) is 6.59. The maximum absolute atomic E-state index is 5.51. The van der Waals surface area contributed by atoms with E-state index in [9.17, 15) is 0 Å². The maximum atomic E-state index is 5.51. The van der Waals surface area contributed by atoms with Gasteiger partial charge in [-0.3, -0.25) is 0 Å². The van der Waals surface area contributed by atoms with Gasteiger partial charge in [0.2, 0.25) is 0 Å². The van der Waals surface area contributed by atoms with Gasteiger partial charge in [0.25, 0.3) is 0 Å². The van der Waals surface area contributed by atoms with E-state index < -0.39 is 0 Å². The number of nitrogens with zero attached hydrogens (tertiary/aromatic N) is 3. The number of nitrogens with two attached hydrogens (primary N) is 1. The van der Waals surface area contributed by atoms with Crippen molar-refractivity contribution in [2.45, 2.75) is 18.8 Å². The smallest absolute Gasteiger partial charge is 0.151 e. The van der Waals surface area contributed by atoms with Crippen molar-refractivity contribution in [1.82, 2.24) is 10.2 Å². The molecule has 17 heavy (non-hydrogen) atoms. The summed E-state index contributed by atoms with van der Waals surface area (Å²) in [6.45, 7) is 3.09.